The number of hydrogen-bond donors (Lipinski definition) is 1. The Labute approximate surface area is 105 Å². The first-order chi connectivity index (χ1) is 8.81. The summed E-state index contributed by atoms with van der Waals surface area (Å²) in [6.45, 7) is 0. The van der Waals surface area contributed by atoms with Gasteiger partial charge in [-0.2, -0.15) is 5.26 Å². The Kier molecular flexibility index (Phi) is 3.67. The van der Waals surface area contributed by atoms with Crippen molar-refractivity contribution in [3.8, 4) is 6.07 Å². The molecule has 1 aromatic heterocycles. The van der Waals surface area contributed by atoms with E-state index in [0.29, 0.717) is 5.56 Å². The minimum Gasteiger partial charge on any atom is -0.332 e. The molecule has 1 atom stereocenters. The number of benzene rings is 1. The van der Waals surface area contributed by atoms with E-state index in [1.807, 2.05) is 6.07 Å². The zero-order chi connectivity index (χ0) is 12.8. The fraction of sp³-hybridized carbons (Fsp3) is 0.0714. The average molecular weight is 237 g/mol. The summed E-state index contributed by atoms with van der Waals surface area (Å²) in [7, 11) is 0. The molecule has 0 radical (unpaired) electrons. The van der Waals surface area contributed by atoms with Crippen LogP contribution in [0.1, 0.15) is 22.0 Å². The first-order valence-corrected chi connectivity index (χ1v) is 5.46. The van der Waals surface area contributed by atoms with Gasteiger partial charge in [0, 0.05) is 18.0 Å². The number of rotatable bonds is 3. The summed E-state index contributed by atoms with van der Waals surface area (Å²) in [4.78, 5) is 15.8. The van der Waals surface area contributed by atoms with Crippen molar-refractivity contribution in [1.82, 2.24) is 10.3 Å². The van der Waals surface area contributed by atoms with E-state index in [4.69, 9.17) is 5.26 Å². The molecular weight excluding hydrogens is 226 g/mol. The highest BCUT2D eigenvalue weighted by molar-refractivity contribution is 5.94. The number of carbonyl (C=O) groups is 1. The molecule has 1 heterocycles. The highest BCUT2D eigenvalue weighted by atomic mass is 16.1. The second-order valence-corrected chi connectivity index (χ2v) is 3.68. The van der Waals surface area contributed by atoms with Gasteiger partial charge in [0.15, 0.2) is 0 Å². The van der Waals surface area contributed by atoms with E-state index in [2.05, 4.69) is 16.4 Å². The Bertz CT molecular complexity index is 561. The number of aromatic nitrogens is 1. The smallest absolute Gasteiger partial charge is 0.252 e. The fourth-order valence-electron chi connectivity index (χ4n) is 1.55. The highest BCUT2D eigenvalue weighted by Gasteiger charge is 2.14. The summed E-state index contributed by atoms with van der Waals surface area (Å²) >= 11 is 0. The predicted octanol–water partition coefficient (Wildman–Crippen LogP) is 2.08. The molecule has 4 heteroatoms. The Morgan fingerprint density at radius 3 is 2.44 bits per heavy atom. The topological polar surface area (TPSA) is 65.8 Å². The number of hydrogen-bond acceptors (Lipinski definition) is 3. The van der Waals surface area contributed by atoms with Gasteiger partial charge in [0.1, 0.15) is 6.04 Å². The van der Waals surface area contributed by atoms with Gasteiger partial charge in [-0.1, -0.05) is 18.2 Å². The molecule has 0 aliphatic heterocycles. The van der Waals surface area contributed by atoms with Crippen molar-refractivity contribution in [1.29, 1.82) is 5.26 Å². The first kappa shape index (κ1) is 11.8. The summed E-state index contributed by atoms with van der Waals surface area (Å²) in [5, 5.41) is 11.8. The van der Waals surface area contributed by atoms with Gasteiger partial charge in [-0.05, 0) is 29.8 Å². The zero-order valence-electron chi connectivity index (χ0n) is 9.58. The number of amides is 1. The van der Waals surface area contributed by atoms with E-state index in [1.54, 1.807) is 48.8 Å². The van der Waals surface area contributed by atoms with Crippen molar-refractivity contribution in [2.24, 2.45) is 0 Å². The molecule has 0 fully saturated rings. The molecule has 0 spiro atoms. The van der Waals surface area contributed by atoms with E-state index in [1.165, 1.54) is 0 Å². The summed E-state index contributed by atoms with van der Waals surface area (Å²) < 4.78 is 0. The molecule has 0 aliphatic carbocycles. The lowest BCUT2D eigenvalue weighted by atomic mass is 10.1. The second kappa shape index (κ2) is 5.60. The number of nitrogens with zero attached hydrogens (tertiary/aromatic N) is 2. The SMILES string of the molecule is N#CC(NC(=O)c1ccccc1)c1ccncc1. The molecule has 1 amide bonds. The first-order valence-electron chi connectivity index (χ1n) is 5.46. The number of carbonyl (C=O) groups excluding carboxylic acids is 1. The van der Waals surface area contributed by atoms with Crippen molar-refractivity contribution in [2.75, 3.05) is 0 Å². The van der Waals surface area contributed by atoms with Crippen molar-refractivity contribution in [3.05, 3.63) is 66.0 Å². The largest absolute Gasteiger partial charge is 0.332 e. The van der Waals surface area contributed by atoms with Crippen LogP contribution in [0.2, 0.25) is 0 Å². The highest BCUT2D eigenvalue weighted by Crippen LogP contribution is 2.11. The molecule has 0 aliphatic rings. The van der Waals surface area contributed by atoms with Crippen molar-refractivity contribution >= 4 is 5.91 Å². The summed E-state index contributed by atoms with van der Waals surface area (Å²) in [5.74, 6) is -0.265. The zero-order valence-corrected chi connectivity index (χ0v) is 9.58. The lowest BCUT2D eigenvalue weighted by Gasteiger charge is -2.11. The second-order valence-electron chi connectivity index (χ2n) is 3.68. The molecular formula is C14H11N3O. The summed E-state index contributed by atoms with van der Waals surface area (Å²) in [5.41, 5.74) is 1.25. The van der Waals surface area contributed by atoms with Crippen molar-refractivity contribution < 1.29 is 4.79 Å². The van der Waals surface area contributed by atoms with Crippen LogP contribution in [-0.2, 0) is 0 Å². The van der Waals surface area contributed by atoms with Crippen LogP contribution in [0.25, 0.3) is 0 Å². The number of nitriles is 1. The average Bonchev–Trinajstić information content (AvgIpc) is 2.46. The molecule has 18 heavy (non-hydrogen) atoms. The Balaban J connectivity index is 2.14. The standard InChI is InChI=1S/C14H11N3O/c15-10-13(11-6-8-16-9-7-11)17-14(18)12-4-2-1-3-5-12/h1-9,13H,(H,17,18). The van der Waals surface area contributed by atoms with Gasteiger partial charge < -0.3 is 5.32 Å². The molecule has 1 aromatic carbocycles. The number of nitrogens with one attached hydrogen (secondary N) is 1. The molecule has 4 nitrogen and oxygen atoms in total. The van der Waals surface area contributed by atoms with Gasteiger partial charge in [0.25, 0.3) is 5.91 Å². The lowest BCUT2D eigenvalue weighted by molar-refractivity contribution is 0.0945. The maximum absolute atomic E-state index is 11.9. The third-order valence-electron chi connectivity index (χ3n) is 2.48. The third-order valence-corrected chi connectivity index (χ3v) is 2.48. The molecule has 1 N–H and O–H groups in total. The number of pyridine rings is 1. The van der Waals surface area contributed by atoms with Gasteiger partial charge in [-0.3, -0.25) is 9.78 Å². The van der Waals surface area contributed by atoms with E-state index in [-0.39, 0.29) is 5.91 Å². The van der Waals surface area contributed by atoms with Crippen LogP contribution in [0, 0.1) is 11.3 Å². The Morgan fingerprint density at radius 2 is 1.83 bits per heavy atom. The van der Waals surface area contributed by atoms with Crippen LogP contribution in [0.5, 0.6) is 0 Å². The van der Waals surface area contributed by atoms with E-state index in [9.17, 15) is 4.79 Å². The minimum atomic E-state index is -0.666. The lowest BCUT2D eigenvalue weighted by Crippen LogP contribution is -2.27. The van der Waals surface area contributed by atoms with Crippen molar-refractivity contribution in [3.63, 3.8) is 0 Å². The van der Waals surface area contributed by atoms with Gasteiger partial charge in [-0.25, -0.2) is 0 Å². The molecule has 88 valence electrons. The van der Waals surface area contributed by atoms with Crippen LogP contribution in [-0.4, -0.2) is 10.9 Å². The van der Waals surface area contributed by atoms with Crippen LogP contribution < -0.4 is 5.32 Å². The van der Waals surface area contributed by atoms with Crippen LogP contribution >= 0.6 is 0 Å². The van der Waals surface area contributed by atoms with E-state index >= 15 is 0 Å². The molecule has 0 saturated carbocycles. The summed E-state index contributed by atoms with van der Waals surface area (Å²) in [6.07, 6.45) is 3.18. The quantitative estimate of drug-likeness (QED) is 0.888. The van der Waals surface area contributed by atoms with Gasteiger partial charge in [0.05, 0.1) is 6.07 Å². The molecule has 1 unspecified atom stereocenters. The maximum Gasteiger partial charge on any atom is 0.252 e. The predicted molar refractivity (Wildman–Crippen MR) is 66.5 cm³/mol. The van der Waals surface area contributed by atoms with Gasteiger partial charge in [-0.15, -0.1) is 0 Å². The van der Waals surface area contributed by atoms with Crippen molar-refractivity contribution in [2.45, 2.75) is 6.04 Å². The molecule has 2 aromatic rings. The van der Waals surface area contributed by atoms with Crippen LogP contribution in [0.4, 0.5) is 0 Å². The fourth-order valence-corrected chi connectivity index (χ4v) is 1.55. The minimum absolute atomic E-state index is 0.265. The van der Waals surface area contributed by atoms with Crippen LogP contribution in [0.15, 0.2) is 54.9 Å². The Morgan fingerprint density at radius 1 is 1.17 bits per heavy atom. The summed E-state index contributed by atoms with van der Waals surface area (Å²) in [6, 6.07) is 13.6. The van der Waals surface area contributed by atoms with E-state index < -0.39 is 6.04 Å². The molecule has 0 saturated heterocycles. The molecule has 0 bridgehead atoms. The van der Waals surface area contributed by atoms with E-state index in [0.717, 1.165) is 5.56 Å². The van der Waals surface area contributed by atoms with Crippen LogP contribution in [0.3, 0.4) is 0 Å². The third kappa shape index (κ3) is 2.71. The normalized spacial score (nSPS) is 11.3. The van der Waals surface area contributed by atoms with Gasteiger partial charge >= 0.3 is 0 Å². The maximum atomic E-state index is 11.9. The Hall–Kier alpha value is -2.67. The molecule has 2 rings (SSSR count). The monoisotopic (exact) mass is 237 g/mol. The van der Waals surface area contributed by atoms with Gasteiger partial charge in [0.2, 0.25) is 0 Å².